The molecule has 0 saturated carbocycles. The molecule has 0 spiro atoms. The van der Waals surface area contributed by atoms with Gasteiger partial charge < -0.3 is 10.2 Å². The van der Waals surface area contributed by atoms with Gasteiger partial charge in [0.2, 0.25) is 0 Å². The number of likely N-dealkylation sites (N-methyl/N-ethyl adjacent to an activating group) is 1. The maximum absolute atomic E-state index is 12.7. The van der Waals surface area contributed by atoms with Crippen LogP contribution in [0.4, 0.5) is 13.2 Å². The molecule has 2 bridgehead atoms. The molecule has 0 amide bonds. The molecular formula is C18H18F3NO4. The number of fused-ring (bicyclic) bond motifs is 2. The molecule has 1 saturated heterocycles. The van der Waals surface area contributed by atoms with Crippen molar-refractivity contribution in [3.05, 3.63) is 41.5 Å². The second-order valence-corrected chi connectivity index (χ2v) is 6.85. The minimum absolute atomic E-state index is 0.0431. The van der Waals surface area contributed by atoms with Crippen molar-refractivity contribution in [3.8, 4) is 0 Å². The van der Waals surface area contributed by atoms with Gasteiger partial charge in [-0.05, 0) is 49.6 Å². The lowest BCUT2D eigenvalue weighted by Crippen LogP contribution is -2.56. The lowest BCUT2D eigenvalue weighted by atomic mass is 9.78. The zero-order chi connectivity index (χ0) is 19.3. The van der Waals surface area contributed by atoms with Crippen molar-refractivity contribution in [1.82, 2.24) is 4.90 Å². The van der Waals surface area contributed by atoms with Gasteiger partial charge in [-0.1, -0.05) is 18.2 Å². The fourth-order valence-electron chi connectivity index (χ4n) is 4.17. The quantitative estimate of drug-likeness (QED) is 0.798. The Labute approximate surface area is 147 Å². The summed E-state index contributed by atoms with van der Waals surface area (Å²) in [6, 6.07) is 4.62. The zero-order valence-corrected chi connectivity index (χ0v) is 14.0. The molecular weight excluding hydrogens is 351 g/mol. The Balaban J connectivity index is 2.04. The zero-order valence-electron chi connectivity index (χ0n) is 14.0. The number of carboxylic acid groups (broad SMARTS) is 2. The second-order valence-electron chi connectivity index (χ2n) is 6.85. The third kappa shape index (κ3) is 2.88. The number of rotatable bonds is 4. The van der Waals surface area contributed by atoms with Crippen molar-refractivity contribution in [2.75, 3.05) is 7.05 Å². The number of carboxylic acids is 2. The molecule has 26 heavy (non-hydrogen) atoms. The summed E-state index contributed by atoms with van der Waals surface area (Å²) in [7, 11) is 1.70. The fourth-order valence-corrected chi connectivity index (χ4v) is 4.17. The molecule has 2 aliphatic rings. The van der Waals surface area contributed by atoms with Crippen LogP contribution in [0.15, 0.2) is 30.3 Å². The van der Waals surface area contributed by atoms with Crippen molar-refractivity contribution in [2.45, 2.75) is 37.0 Å². The van der Waals surface area contributed by atoms with Crippen LogP contribution in [0.2, 0.25) is 0 Å². The van der Waals surface area contributed by atoms with Gasteiger partial charge in [-0.15, -0.1) is 0 Å². The Hall–Kier alpha value is -2.35. The molecule has 1 aromatic carbocycles. The highest BCUT2D eigenvalue weighted by Crippen LogP contribution is 2.48. The lowest BCUT2D eigenvalue weighted by Gasteiger charge is -2.43. The lowest BCUT2D eigenvalue weighted by molar-refractivity contribution is -0.160. The summed E-state index contributed by atoms with van der Waals surface area (Å²) in [6.07, 6.45) is -1.25. The van der Waals surface area contributed by atoms with Gasteiger partial charge in [0.1, 0.15) is 0 Å². The van der Waals surface area contributed by atoms with Crippen LogP contribution in [-0.4, -0.2) is 45.7 Å². The first-order chi connectivity index (χ1) is 12.1. The number of alkyl halides is 3. The molecule has 140 valence electrons. The van der Waals surface area contributed by atoms with E-state index in [1.807, 2.05) is 0 Å². The highest BCUT2D eigenvalue weighted by Gasteiger charge is 2.56. The van der Waals surface area contributed by atoms with Crippen LogP contribution in [0, 0.1) is 5.92 Å². The van der Waals surface area contributed by atoms with E-state index in [9.17, 15) is 33.0 Å². The maximum Gasteiger partial charge on any atom is 0.416 e. The van der Waals surface area contributed by atoms with Gasteiger partial charge in [0.15, 0.2) is 5.92 Å². The fraction of sp³-hybridized carbons (Fsp3) is 0.444. The molecule has 2 N–H and O–H groups in total. The smallest absolute Gasteiger partial charge is 0.416 e. The SMILES string of the molecule is CN1C2CCC1(C(C(=O)O)C(=O)O)C=C(c1ccc(C(F)(F)F)cc1)C2. The van der Waals surface area contributed by atoms with E-state index in [0.29, 0.717) is 30.4 Å². The molecule has 8 heteroatoms. The molecule has 2 aliphatic heterocycles. The summed E-state index contributed by atoms with van der Waals surface area (Å²) in [5.74, 6) is -4.48. The van der Waals surface area contributed by atoms with Crippen LogP contribution in [-0.2, 0) is 15.8 Å². The average Bonchev–Trinajstić information content (AvgIpc) is 2.72. The molecule has 5 nitrogen and oxygen atoms in total. The summed E-state index contributed by atoms with van der Waals surface area (Å²) < 4.78 is 38.2. The van der Waals surface area contributed by atoms with Crippen LogP contribution >= 0.6 is 0 Å². The minimum Gasteiger partial charge on any atom is -0.481 e. The van der Waals surface area contributed by atoms with Gasteiger partial charge >= 0.3 is 18.1 Å². The number of benzene rings is 1. The third-order valence-corrected chi connectivity index (χ3v) is 5.54. The van der Waals surface area contributed by atoms with Crippen LogP contribution in [0.5, 0.6) is 0 Å². The number of hydrogen-bond donors (Lipinski definition) is 2. The van der Waals surface area contributed by atoms with Crippen molar-refractivity contribution in [2.24, 2.45) is 5.92 Å². The first-order valence-corrected chi connectivity index (χ1v) is 8.14. The van der Waals surface area contributed by atoms with Crippen LogP contribution in [0.25, 0.3) is 5.57 Å². The Kier molecular flexibility index (Phi) is 4.34. The molecule has 2 heterocycles. The van der Waals surface area contributed by atoms with Crippen molar-refractivity contribution < 1.29 is 33.0 Å². The highest BCUT2D eigenvalue weighted by molar-refractivity contribution is 5.96. The highest BCUT2D eigenvalue weighted by atomic mass is 19.4. The number of aliphatic carboxylic acids is 2. The monoisotopic (exact) mass is 369 g/mol. The van der Waals surface area contributed by atoms with E-state index in [2.05, 4.69) is 0 Å². The summed E-state index contributed by atoms with van der Waals surface area (Å²) in [5.41, 5.74) is -0.705. The van der Waals surface area contributed by atoms with Gasteiger partial charge in [0, 0.05) is 6.04 Å². The van der Waals surface area contributed by atoms with E-state index in [1.165, 1.54) is 12.1 Å². The van der Waals surface area contributed by atoms with Crippen molar-refractivity contribution >= 4 is 17.5 Å². The Morgan fingerprint density at radius 1 is 1.19 bits per heavy atom. The van der Waals surface area contributed by atoms with Gasteiger partial charge in [0.25, 0.3) is 0 Å². The van der Waals surface area contributed by atoms with Crippen molar-refractivity contribution in [3.63, 3.8) is 0 Å². The van der Waals surface area contributed by atoms with Crippen LogP contribution in [0.1, 0.15) is 30.4 Å². The number of carbonyl (C=O) groups is 2. The minimum atomic E-state index is -4.43. The molecule has 1 aromatic rings. The maximum atomic E-state index is 12.7. The number of halogens is 3. The van der Waals surface area contributed by atoms with Gasteiger partial charge in [0.05, 0.1) is 11.1 Å². The third-order valence-electron chi connectivity index (χ3n) is 5.54. The van der Waals surface area contributed by atoms with E-state index < -0.39 is 35.1 Å². The topological polar surface area (TPSA) is 77.8 Å². The van der Waals surface area contributed by atoms with Crippen LogP contribution in [0.3, 0.4) is 0 Å². The summed E-state index contributed by atoms with van der Waals surface area (Å²) >= 11 is 0. The first kappa shape index (κ1) is 18.4. The van der Waals surface area contributed by atoms with E-state index in [1.54, 1.807) is 18.0 Å². The largest absolute Gasteiger partial charge is 0.481 e. The van der Waals surface area contributed by atoms with Gasteiger partial charge in [-0.25, -0.2) is 0 Å². The molecule has 2 unspecified atom stereocenters. The Morgan fingerprint density at radius 2 is 1.77 bits per heavy atom. The molecule has 3 rings (SSSR count). The second kappa shape index (κ2) is 6.12. The summed E-state index contributed by atoms with van der Waals surface area (Å²) in [6.45, 7) is 0. The van der Waals surface area contributed by atoms with Gasteiger partial charge in [-0.2, -0.15) is 13.2 Å². The van der Waals surface area contributed by atoms with E-state index >= 15 is 0 Å². The van der Waals surface area contributed by atoms with E-state index in [4.69, 9.17) is 0 Å². The summed E-state index contributed by atoms with van der Waals surface area (Å²) in [5, 5.41) is 18.9. The molecule has 2 atom stereocenters. The van der Waals surface area contributed by atoms with E-state index in [0.717, 1.165) is 12.1 Å². The van der Waals surface area contributed by atoms with Crippen LogP contribution < -0.4 is 0 Å². The average molecular weight is 369 g/mol. The predicted octanol–water partition coefficient (Wildman–Crippen LogP) is 3.11. The molecule has 0 radical (unpaired) electrons. The summed E-state index contributed by atoms with van der Waals surface area (Å²) in [4.78, 5) is 25.0. The Morgan fingerprint density at radius 3 is 2.27 bits per heavy atom. The first-order valence-electron chi connectivity index (χ1n) is 8.14. The molecule has 0 aliphatic carbocycles. The standard InChI is InChI=1S/C18H18F3NO4/c1-22-13-6-7-17(22,14(15(23)24)16(25)26)9-11(8-13)10-2-4-12(5-3-10)18(19,20)21/h2-5,9,13-14H,6-8H2,1H3,(H,23,24)(H,25,26). The normalized spacial score (nSPS) is 26.0. The number of nitrogens with zero attached hydrogens (tertiary/aromatic N) is 1. The Bertz CT molecular complexity index is 758. The molecule has 1 fully saturated rings. The molecule has 0 aromatic heterocycles. The van der Waals surface area contributed by atoms with Crippen molar-refractivity contribution in [1.29, 1.82) is 0 Å². The van der Waals surface area contributed by atoms with E-state index in [-0.39, 0.29) is 6.04 Å². The number of hydrogen-bond acceptors (Lipinski definition) is 3. The van der Waals surface area contributed by atoms with Gasteiger partial charge in [-0.3, -0.25) is 14.5 Å². The predicted molar refractivity (Wildman–Crippen MR) is 86.3 cm³/mol.